The van der Waals surface area contributed by atoms with Crippen molar-refractivity contribution in [1.29, 1.82) is 0 Å². The average molecular weight is 2190 g/mol. The predicted octanol–water partition coefficient (Wildman–Crippen LogP) is 25.2. The van der Waals surface area contributed by atoms with Crippen molar-refractivity contribution in [2.24, 2.45) is 0 Å². The maximum atomic E-state index is 5.08. The van der Waals surface area contributed by atoms with Crippen molar-refractivity contribution in [1.82, 2.24) is 86.4 Å². The number of hydrogen-bond donors (Lipinski definition) is 0. The van der Waals surface area contributed by atoms with Crippen molar-refractivity contribution >= 4 is 86.4 Å². The Kier molecular flexibility index (Phi) is 28.1. The van der Waals surface area contributed by atoms with Crippen molar-refractivity contribution < 1.29 is 81.7 Å². The van der Waals surface area contributed by atoms with Gasteiger partial charge in [-0.2, -0.15) is 0 Å². The van der Waals surface area contributed by atoms with E-state index in [0.29, 0.717) is 0 Å². The number of aromatic nitrogens is 18. The van der Waals surface area contributed by atoms with Gasteiger partial charge in [-0.15, -0.1) is 80.8 Å². The van der Waals surface area contributed by atoms with Crippen LogP contribution in [0.15, 0.2) is 353 Å². The fourth-order valence-corrected chi connectivity index (χ4v) is 17.8. The molecular weight excluding hydrogens is 2100 g/mol. The molecule has 0 aliphatic carbocycles. The quantitative estimate of drug-likeness (QED) is 0.0670. The normalized spacial score (nSPS) is 11.6. The summed E-state index contributed by atoms with van der Waals surface area (Å²) in [6, 6.07) is 107. The number of aryl methyl sites for hydroxylation is 4. The Hall–Kier alpha value is -14.2. The topological polar surface area (TPSA) is 168 Å². The summed E-state index contributed by atoms with van der Waals surface area (Å²) < 4.78 is 15.9. The Labute approximate surface area is 868 Å². The molecular formula is C118H94N18Pd4. The molecule has 0 fully saturated rings. The molecule has 18 heterocycles. The maximum Gasteiger partial charge on any atom is 2.00 e. The van der Waals surface area contributed by atoms with Gasteiger partial charge in [0, 0.05) is 79.6 Å². The van der Waals surface area contributed by atoms with Crippen molar-refractivity contribution in [3.63, 3.8) is 0 Å². The second kappa shape index (κ2) is 40.3. The number of benzene rings is 6. The Balaban J connectivity index is 0.000000128. The average Bonchev–Trinajstić information content (AvgIpc) is 1.66. The molecule has 0 aliphatic rings. The monoisotopic (exact) mass is 2190 g/mol. The predicted molar refractivity (Wildman–Crippen MR) is 542 cm³/mol. The number of fused-ring (bicyclic) bond motifs is 8. The zero-order valence-electron chi connectivity index (χ0n) is 78.8. The molecule has 22 heteroatoms. The van der Waals surface area contributed by atoms with Crippen LogP contribution in [0.25, 0.3) is 133 Å². The molecule has 18 aromatic heterocycles. The number of pyridine rings is 10. The van der Waals surface area contributed by atoms with E-state index in [2.05, 4.69) is 334 Å². The van der Waals surface area contributed by atoms with E-state index in [-0.39, 0.29) is 92.5 Å². The molecule has 0 saturated carbocycles. The molecule has 0 amide bonds. The molecule has 0 bridgehead atoms. The number of nitrogens with zero attached hydrogens (tertiary/aromatic N) is 18. The Morgan fingerprint density at radius 3 is 0.629 bits per heavy atom. The smallest absolute Gasteiger partial charge is 0.431 e. The minimum absolute atomic E-state index is 0. The van der Waals surface area contributed by atoms with Gasteiger partial charge in [-0.1, -0.05) is 337 Å². The van der Waals surface area contributed by atoms with Gasteiger partial charge < -0.3 is 36.5 Å². The van der Waals surface area contributed by atoms with E-state index in [1.54, 1.807) is 12.4 Å². The minimum atomic E-state index is -0.427. The van der Waals surface area contributed by atoms with Crippen LogP contribution >= 0.6 is 0 Å². The second-order valence-corrected chi connectivity index (χ2v) is 36.4. The summed E-state index contributed by atoms with van der Waals surface area (Å²) in [5.74, 6) is 6.73. The molecule has 24 rings (SSSR count). The molecule has 0 spiro atoms. The third kappa shape index (κ3) is 19.0. The van der Waals surface area contributed by atoms with Gasteiger partial charge in [-0.3, -0.25) is 49.8 Å². The van der Waals surface area contributed by atoms with E-state index >= 15 is 0 Å². The van der Waals surface area contributed by atoms with Gasteiger partial charge in [-0.25, -0.2) is 0 Å². The molecule has 0 saturated heterocycles. The summed E-state index contributed by atoms with van der Waals surface area (Å²) in [7, 11) is 0. The molecule has 0 radical (unpaired) electrons. The summed E-state index contributed by atoms with van der Waals surface area (Å²) in [6.45, 7) is 25.7. The van der Waals surface area contributed by atoms with Gasteiger partial charge in [0.05, 0.1) is 46.5 Å². The Bertz CT molecular complexity index is 7510. The zero-order valence-corrected chi connectivity index (χ0v) is 85.0. The third-order valence-electron chi connectivity index (χ3n) is 26.1. The fraction of sp³-hybridized carbons (Fsp3) is 0.136. The van der Waals surface area contributed by atoms with Crippen molar-refractivity contribution in [2.45, 2.75) is 105 Å². The van der Waals surface area contributed by atoms with Crippen LogP contribution < -0.4 is 0 Å². The van der Waals surface area contributed by atoms with E-state index in [9.17, 15) is 0 Å². The first-order valence-electron chi connectivity index (χ1n) is 45.5. The molecule has 18 nitrogen and oxygen atoms in total. The van der Waals surface area contributed by atoms with Crippen molar-refractivity contribution in [3.05, 3.63) is 471 Å². The molecule has 6 aromatic carbocycles. The van der Waals surface area contributed by atoms with Crippen LogP contribution in [0.2, 0.25) is 0 Å². The van der Waals surface area contributed by atoms with Crippen molar-refractivity contribution in [2.75, 3.05) is 0 Å². The third-order valence-corrected chi connectivity index (χ3v) is 26.1. The number of hydrogen-bond acceptors (Lipinski definition) is 10. The largest absolute Gasteiger partial charge is 2.00 e. The minimum Gasteiger partial charge on any atom is -0.431 e. The fourth-order valence-electron chi connectivity index (χ4n) is 17.8. The van der Waals surface area contributed by atoms with Crippen LogP contribution in [0.4, 0.5) is 0 Å². The second-order valence-electron chi connectivity index (χ2n) is 36.4. The van der Waals surface area contributed by atoms with Gasteiger partial charge in [0.1, 0.15) is 0 Å². The SMILES string of the molecule is CC(C)(c1cccc(-n2[c-]c3ccccc3c2)n1)c1cccc(-n2[c-]c3ccccc3c2)n1.CC(C)(c1cccc(-n2[c-]c3ccccc3c2)n1)c1cccc(-n2[c-]c3ccccc3c2)n1.Cc1c2ccccc2[c-]n1-c1cccc(C(C)(C)c2cccc(-n3[c-]c4ccccc4c3C)n2)n1.Cc1c2cccnc2[c-]n1-c1cccc(C(C)(C)c2cccc(-n3[c-]c4ncccc4c3C)n2)n1.[Pd+2].[Pd+2].[Pd+2].[Pd+2]. The number of rotatable bonds is 16. The molecule has 0 aliphatic heterocycles. The van der Waals surface area contributed by atoms with Crippen LogP contribution in [0, 0.1) is 77.3 Å². The summed E-state index contributed by atoms with van der Waals surface area (Å²) in [6.07, 6.45) is 39.2. The molecule has 0 unspecified atom stereocenters. The molecule has 140 heavy (non-hydrogen) atoms. The van der Waals surface area contributed by atoms with E-state index in [0.717, 1.165) is 191 Å². The molecule has 696 valence electrons. The van der Waals surface area contributed by atoms with E-state index < -0.39 is 10.8 Å². The van der Waals surface area contributed by atoms with Crippen LogP contribution in [-0.4, -0.2) is 86.4 Å². The van der Waals surface area contributed by atoms with Crippen molar-refractivity contribution in [3.8, 4) is 46.5 Å². The Morgan fingerprint density at radius 1 is 0.193 bits per heavy atom. The Morgan fingerprint density at radius 2 is 0.393 bits per heavy atom. The van der Waals surface area contributed by atoms with Gasteiger partial charge in [0.15, 0.2) is 0 Å². The first-order chi connectivity index (χ1) is 66.0. The van der Waals surface area contributed by atoms with Crippen LogP contribution in [0.1, 0.15) is 124 Å². The van der Waals surface area contributed by atoms with Gasteiger partial charge in [-0.05, 0) is 165 Å². The van der Waals surface area contributed by atoms with Gasteiger partial charge >= 0.3 is 81.7 Å². The van der Waals surface area contributed by atoms with Crippen LogP contribution in [-0.2, 0) is 103 Å². The van der Waals surface area contributed by atoms with Gasteiger partial charge in [0.2, 0.25) is 0 Å². The van der Waals surface area contributed by atoms with Crippen LogP contribution in [0.5, 0.6) is 0 Å². The first-order valence-corrected chi connectivity index (χ1v) is 45.5. The van der Waals surface area contributed by atoms with Gasteiger partial charge in [0.25, 0.3) is 0 Å². The maximum absolute atomic E-state index is 5.08. The first kappa shape index (κ1) is 97.4. The molecule has 0 N–H and O–H groups in total. The summed E-state index contributed by atoms with van der Waals surface area (Å²) in [5, 5.41) is 15.6. The molecule has 24 aromatic rings. The van der Waals surface area contributed by atoms with E-state index in [4.69, 9.17) is 39.9 Å². The summed E-state index contributed by atoms with van der Waals surface area (Å²) in [4.78, 5) is 49.1. The van der Waals surface area contributed by atoms with E-state index in [1.807, 2.05) is 185 Å². The zero-order chi connectivity index (χ0) is 93.1. The summed E-state index contributed by atoms with van der Waals surface area (Å²) >= 11 is 0. The van der Waals surface area contributed by atoms with E-state index in [1.165, 1.54) is 10.8 Å². The standard InChI is InChI=1S/C31H26N4.C29H24N6.2C29H22N4.4Pd/c1-21-25-13-7-5-11-23(25)19-34(21)29-17-9-15-27(32-29)31(3,4)28-16-10-18-30(33-28)35-20-24-12-6-8-14-26(24)22(35)2;1-19-21-9-7-15-30-23(21)17-34(19)27-13-5-11-25(32-27)29(3,4)26-12-6-14-28(33-26)35-18-24-22(20(35)2)10-8-16-31-24;2*1-29(2,25-13-7-15-27(30-25)32-17-21-9-3-4-10-22(21)18-32)26-14-8-16-28(31-26)33-19-23-11-5-6-12-24(23)20-33;;;;/h5-18H,1-4H3;5-16H,1-4H3;2*3-17,19H,1-2H3;;;;/q4*-2;4*+2. The summed E-state index contributed by atoms with van der Waals surface area (Å²) in [5.41, 5.74) is 12.1. The van der Waals surface area contributed by atoms with Crippen LogP contribution in [0.3, 0.4) is 0 Å². The molecule has 0 atom stereocenters.